The third-order valence-corrected chi connectivity index (χ3v) is 3.18. The Morgan fingerprint density at radius 2 is 2.12 bits per heavy atom. The van der Waals surface area contributed by atoms with Crippen LogP contribution in [0, 0.1) is 5.41 Å². The predicted molar refractivity (Wildman–Crippen MR) is 66.9 cm³/mol. The zero-order chi connectivity index (χ0) is 12.7. The van der Waals surface area contributed by atoms with Crippen molar-refractivity contribution in [2.75, 3.05) is 26.4 Å². The highest BCUT2D eigenvalue weighted by Gasteiger charge is 2.38. The molecule has 0 amide bonds. The molecule has 4 nitrogen and oxygen atoms in total. The van der Waals surface area contributed by atoms with Crippen molar-refractivity contribution in [2.24, 2.45) is 5.41 Å². The minimum Gasteiger partial charge on any atom is -0.462 e. The van der Waals surface area contributed by atoms with Gasteiger partial charge in [-0.05, 0) is 31.2 Å². The molecule has 1 aliphatic heterocycles. The first kappa shape index (κ1) is 14.5. The van der Waals surface area contributed by atoms with Crippen LogP contribution in [0.1, 0.15) is 40.0 Å². The van der Waals surface area contributed by atoms with E-state index in [1.165, 1.54) is 0 Å². The summed E-state index contributed by atoms with van der Waals surface area (Å²) in [5, 5.41) is 3.25. The molecule has 4 heteroatoms. The van der Waals surface area contributed by atoms with Crippen LogP contribution in [0.15, 0.2) is 0 Å². The Balaban J connectivity index is 2.26. The molecule has 0 spiro atoms. The number of hydrogen-bond donors (Lipinski definition) is 1. The number of esters is 1. The molecular formula is C13H25NO3. The molecule has 0 aromatic carbocycles. The number of nitrogens with one attached hydrogen (secondary N) is 1. The summed E-state index contributed by atoms with van der Waals surface area (Å²) in [4.78, 5) is 11.9. The van der Waals surface area contributed by atoms with E-state index >= 15 is 0 Å². The van der Waals surface area contributed by atoms with Crippen molar-refractivity contribution in [1.29, 1.82) is 0 Å². The Morgan fingerprint density at radius 1 is 1.35 bits per heavy atom. The number of hydrogen-bond acceptors (Lipinski definition) is 4. The number of ether oxygens (including phenoxy) is 2. The summed E-state index contributed by atoms with van der Waals surface area (Å²) in [6, 6.07) is -0.178. The molecule has 1 heterocycles. The first-order valence-corrected chi connectivity index (χ1v) is 6.55. The fourth-order valence-electron chi connectivity index (χ4n) is 2.14. The monoisotopic (exact) mass is 243 g/mol. The van der Waals surface area contributed by atoms with Gasteiger partial charge in [-0.1, -0.05) is 20.8 Å². The highest BCUT2D eigenvalue weighted by molar-refractivity contribution is 5.77. The topological polar surface area (TPSA) is 47.6 Å². The van der Waals surface area contributed by atoms with E-state index in [2.05, 4.69) is 26.1 Å². The molecule has 100 valence electrons. The molecule has 1 rings (SSSR count). The van der Waals surface area contributed by atoms with Crippen molar-refractivity contribution in [3.63, 3.8) is 0 Å². The maximum Gasteiger partial charge on any atom is 0.323 e. The lowest BCUT2D eigenvalue weighted by atomic mass is 9.77. The number of piperidine rings is 1. The Bertz CT molecular complexity index is 241. The number of carbonyl (C=O) groups is 1. The van der Waals surface area contributed by atoms with Crippen LogP contribution < -0.4 is 5.32 Å². The maximum absolute atomic E-state index is 11.9. The van der Waals surface area contributed by atoms with E-state index in [0.717, 1.165) is 32.4 Å². The average molecular weight is 243 g/mol. The second-order valence-corrected chi connectivity index (χ2v) is 5.26. The Morgan fingerprint density at radius 3 is 2.76 bits per heavy atom. The highest BCUT2D eigenvalue weighted by Crippen LogP contribution is 2.30. The van der Waals surface area contributed by atoms with Crippen LogP contribution in [0.2, 0.25) is 0 Å². The van der Waals surface area contributed by atoms with Crippen molar-refractivity contribution >= 4 is 5.97 Å². The Kier molecular flexibility index (Phi) is 5.92. The molecule has 0 bridgehead atoms. The molecule has 0 aliphatic carbocycles. The first-order valence-electron chi connectivity index (χ1n) is 6.55. The van der Waals surface area contributed by atoms with Gasteiger partial charge in [0, 0.05) is 6.61 Å². The minimum absolute atomic E-state index is 0.0143. The quantitative estimate of drug-likeness (QED) is 0.570. The Labute approximate surface area is 104 Å². The van der Waals surface area contributed by atoms with Crippen molar-refractivity contribution in [3.8, 4) is 0 Å². The number of carbonyl (C=O) groups excluding carboxylic acids is 1. The van der Waals surface area contributed by atoms with Gasteiger partial charge in [0.1, 0.15) is 12.6 Å². The average Bonchev–Trinajstić information content (AvgIpc) is 2.28. The van der Waals surface area contributed by atoms with Crippen LogP contribution in [-0.4, -0.2) is 38.4 Å². The van der Waals surface area contributed by atoms with Gasteiger partial charge in [0.05, 0.1) is 6.61 Å². The smallest absolute Gasteiger partial charge is 0.323 e. The molecule has 1 unspecified atom stereocenters. The lowest BCUT2D eigenvalue weighted by Gasteiger charge is -2.37. The third-order valence-electron chi connectivity index (χ3n) is 3.18. The van der Waals surface area contributed by atoms with E-state index in [0.29, 0.717) is 13.2 Å². The molecule has 1 atom stereocenters. The lowest BCUT2D eigenvalue weighted by Crippen LogP contribution is -2.52. The zero-order valence-corrected chi connectivity index (χ0v) is 11.3. The highest BCUT2D eigenvalue weighted by atomic mass is 16.6. The normalized spacial score (nSPS) is 23.4. The van der Waals surface area contributed by atoms with Gasteiger partial charge in [-0.25, -0.2) is 0 Å². The summed E-state index contributed by atoms with van der Waals surface area (Å²) in [6.45, 7) is 8.75. The molecule has 0 aromatic heterocycles. The summed E-state index contributed by atoms with van der Waals surface area (Å²) in [5.74, 6) is -0.144. The van der Waals surface area contributed by atoms with Gasteiger partial charge >= 0.3 is 5.97 Å². The van der Waals surface area contributed by atoms with Gasteiger partial charge < -0.3 is 14.8 Å². The van der Waals surface area contributed by atoms with E-state index in [4.69, 9.17) is 9.47 Å². The molecule has 17 heavy (non-hydrogen) atoms. The largest absolute Gasteiger partial charge is 0.462 e. The molecular weight excluding hydrogens is 218 g/mol. The van der Waals surface area contributed by atoms with E-state index in [1.54, 1.807) is 0 Å². The van der Waals surface area contributed by atoms with Crippen LogP contribution in [0.3, 0.4) is 0 Å². The third kappa shape index (κ3) is 4.64. The molecule has 0 aromatic rings. The summed E-state index contributed by atoms with van der Waals surface area (Å²) in [6.07, 6.45) is 3.17. The second kappa shape index (κ2) is 6.97. The molecule has 1 N–H and O–H groups in total. The predicted octanol–water partition coefficient (Wildman–Crippen LogP) is 1.73. The van der Waals surface area contributed by atoms with Gasteiger partial charge in [-0.15, -0.1) is 0 Å². The van der Waals surface area contributed by atoms with E-state index in [9.17, 15) is 4.79 Å². The first-order chi connectivity index (χ1) is 8.08. The Hall–Kier alpha value is -0.610. The fourth-order valence-corrected chi connectivity index (χ4v) is 2.14. The van der Waals surface area contributed by atoms with Crippen molar-refractivity contribution in [3.05, 3.63) is 0 Å². The molecule has 0 radical (unpaired) electrons. The zero-order valence-electron chi connectivity index (χ0n) is 11.3. The lowest BCUT2D eigenvalue weighted by molar-refractivity contribution is -0.152. The minimum atomic E-state index is -0.178. The molecule has 1 fully saturated rings. The van der Waals surface area contributed by atoms with Crippen LogP contribution >= 0.6 is 0 Å². The standard InChI is InChI=1S/C13H25NO3/c1-4-8-16-9-10-17-12(15)11-13(2,3)6-5-7-14-11/h11,14H,4-10H2,1-3H3. The SMILES string of the molecule is CCCOCCOC(=O)C1NCCCC1(C)C. The van der Waals surface area contributed by atoms with Crippen molar-refractivity contribution < 1.29 is 14.3 Å². The summed E-state index contributed by atoms with van der Waals surface area (Å²) >= 11 is 0. The number of rotatable bonds is 6. The van der Waals surface area contributed by atoms with Gasteiger partial charge in [-0.3, -0.25) is 4.79 Å². The molecule has 0 saturated carbocycles. The van der Waals surface area contributed by atoms with Gasteiger partial charge in [0.25, 0.3) is 0 Å². The summed E-state index contributed by atoms with van der Waals surface area (Å²) < 4.78 is 10.5. The van der Waals surface area contributed by atoms with E-state index in [1.807, 2.05) is 0 Å². The fraction of sp³-hybridized carbons (Fsp3) is 0.923. The van der Waals surface area contributed by atoms with E-state index in [-0.39, 0.29) is 17.4 Å². The van der Waals surface area contributed by atoms with Crippen LogP contribution in [0.5, 0.6) is 0 Å². The van der Waals surface area contributed by atoms with Crippen molar-refractivity contribution in [1.82, 2.24) is 5.32 Å². The van der Waals surface area contributed by atoms with Crippen LogP contribution in [0.4, 0.5) is 0 Å². The van der Waals surface area contributed by atoms with Crippen LogP contribution in [-0.2, 0) is 14.3 Å². The van der Waals surface area contributed by atoms with Gasteiger partial charge in [0.2, 0.25) is 0 Å². The van der Waals surface area contributed by atoms with Crippen molar-refractivity contribution in [2.45, 2.75) is 46.1 Å². The molecule has 1 aliphatic rings. The van der Waals surface area contributed by atoms with Crippen LogP contribution in [0.25, 0.3) is 0 Å². The second-order valence-electron chi connectivity index (χ2n) is 5.26. The summed E-state index contributed by atoms with van der Waals surface area (Å²) in [7, 11) is 0. The summed E-state index contributed by atoms with van der Waals surface area (Å²) in [5.41, 5.74) is -0.0143. The van der Waals surface area contributed by atoms with Gasteiger partial charge in [0.15, 0.2) is 0 Å². The van der Waals surface area contributed by atoms with E-state index < -0.39 is 0 Å². The molecule has 1 saturated heterocycles. The van der Waals surface area contributed by atoms with Gasteiger partial charge in [-0.2, -0.15) is 0 Å². The maximum atomic E-state index is 11.9.